The van der Waals surface area contributed by atoms with Crippen LogP contribution in [0.2, 0.25) is 0 Å². The normalized spacial score (nSPS) is 12.9. The van der Waals surface area contributed by atoms with Crippen LogP contribution >= 0.6 is 0 Å². The van der Waals surface area contributed by atoms with Gasteiger partial charge in [-0.15, -0.1) is 0 Å². The Balaban J connectivity index is 0.000000177. The maximum Gasteiger partial charge on any atom is 0.433 e. The highest BCUT2D eigenvalue weighted by Crippen LogP contribution is 2.37. The summed E-state index contributed by atoms with van der Waals surface area (Å²) in [4.78, 5) is 24.1. The van der Waals surface area contributed by atoms with Crippen LogP contribution < -0.4 is 0 Å². The average molecular weight is 847 g/mol. The second-order valence-corrected chi connectivity index (χ2v) is 17.8. The molecule has 0 aliphatic heterocycles. The Bertz CT molecular complexity index is 3160. The summed E-state index contributed by atoms with van der Waals surface area (Å²) >= 11 is 0. The molecule has 0 aliphatic carbocycles. The van der Waals surface area contributed by atoms with E-state index in [0.29, 0.717) is 38.7 Å². The topological polar surface area (TPSA) is 165 Å². The number of hydrogen-bond acceptors (Lipinski definition) is 10. The molecule has 14 nitrogen and oxygen atoms in total. The molecule has 0 N–H and O–H groups in total. The van der Waals surface area contributed by atoms with Gasteiger partial charge in [0, 0.05) is 39.3 Å². The second kappa shape index (κ2) is 13.9. The van der Waals surface area contributed by atoms with Crippen molar-refractivity contribution in [3.05, 3.63) is 72.8 Å². The average Bonchev–Trinajstić information content (AvgIpc) is 3.92. The number of fused-ring (bicyclic) bond motifs is 4. The van der Waals surface area contributed by atoms with E-state index in [2.05, 4.69) is 29.9 Å². The van der Waals surface area contributed by atoms with Crippen molar-refractivity contribution in [2.75, 3.05) is 11.5 Å². The summed E-state index contributed by atoms with van der Waals surface area (Å²) in [6.07, 6.45) is -3.91. The van der Waals surface area contributed by atoms with Crippen LogP contribution in [0.1, 0.15) is 25.2 Å². The molecule has 0 unspecified atom stereocenters. The van der Waals surface area contributed by atoms with E-state index in [4.69, 9.17) is 0 Å². The van der Waals surface area contributed by atoms with Gasteiger partial charge in [0.05, 0.1) is 90.5 Å². The number of halogens is 6. The number of benzene rings is 2. The first kappa shape index (κ1) is 40.3. The van der Waals surface area contributed by atoms with Gasteiger partial charge in [0.25, 0.3) is 0 Å². The van der Waals surface area contributed by atoms with Gasteiger partial charge >= 0.3 is 12.4 Å². The smallest absolute Gasteiger partial charge is 0.334 e. The van der Waals surface area contributed by atoms with Crippen molar-refractivity contribution in [2.45, 2.75) is 36.0 Å². The summed E-state index contributed by atoms with van der Waals surface area (Å²) in [5.74, 6) is 0.187. The number of rotatable bonds is 6. The lowest BCUT2D eigenvalue weighted by Crippen LogP contribution is -2.08. The molecule has 304 valence electrons. The molecule has 0 fully saturated rings. The van der Waals surface area contributed by atoms with Crippen molar-refractivity contribution >= 4 is 63.8 Å². The summed E-state index contributed by atoms with van der Waals surface area (Å²) in [5, 5.41) is 0. The molecule has 58 heavy (non-hydrogen) atoms. The number of sulfone groups is 2. The first-order valence-electron chi connectivity index (χ1n) is 17.2. The van der Waals surface area contributed by atoms with Crippen LogP contribution in [0.4, 0.5) is 26.3 Å². The minimum Gasteiger partial charge on any atom is -0.334 e. The van der Waals surface area contributed by atoms with E-state index in [1.54, 1.807) is 62.1 Å². The monoisotopic (exact) mass is 846 g/mol. The summed E-state index contributed by atoms with van der Waals surface area (Å²) in [6, 6.07) is 7.94. The minimum atomic E-state index is -4.60. The Kier molecular flexibility index (Phi) is 9.65. The highest BCUT2D eigenvalue weighted by Gasteiger charge is 2.35. The summed E-state index contributed by atoms with van der Waals surface area (Å²) < 4.78 is 135. The quantitative estimate of drug-likeness (QED) is 0.165. The number of aromatic nitrogens is 10. The van der Waals surface area contributed by atoms with Crippen molar-refractivity contribution in [2.24, 2.45) is 28.2 Å². The number of aryl methyl sites for hydroxylation is 4. The number of imidazole rings is 4. The summed E-state index contributed by atoms with van der Waals surface area (Å²) in [6.45, 7) is 3.05. The lowest BCUT2D eigenvalue weighted by Gasteiger charge is -2.10. The van der Waals surface area contributed by atoms with E-state index < -0.39 is 43.4 Å². The van der Waals surface area contributed by atoms with E-state index in [-0.39, 0.29) is 49.5 Å². The summed E-state index contributed by atoms with van der Waals surface area (Å²) in [5.41, 5.74) is 1.70. The number of hydrogen-bond donors (Lipinski definition) is 0. The largest absolute Gasteiger partial charge is 0.433 e. The molecule has 0 bridgehead atoms. The van der Waals surface area contributed by atoms with Crippen LogP contribution in [-0.4, -0.2) is 76.5 Å². The highest BCUT2D eigenvalue weighted by atomic mass is 32.2. The molecule has 6 heterocycles. The number of pyridine rings is 2. The first-order valence-corrected chi connectivity index (χ1v) is 20.5. The molecule has 8 rings (SSSR count). The van der Waals surface area contributed by atoms with Crippen LogP contribution in [0.5, 0.6) is 0 Å². The molecule has 0 radical (unpaired) electrons. The van der Waals surface area contributed by atoms with Crippen LogP contribution in [-0.2, 0) is 60.2 Å². The van der Waals surface area contributed by atoms with Gasteiger partial charge in [-0.2, -0.15) is 26.3 Å². The molecule has 0 aliphatic rings. The zero-order valence-electron chi connectivity index (χ0n) is 31.4. The van der Waals surface area contributed by atoms with Gasteiger partial charge in [-0.25, -0.2) is 46.7 Å². The predicted octanol–water partition coefficient (Wildman–Crippen LogP) is 6.67. The van der Waals surface area contributed by atoms with E-state index in [0.717, 1.165) is 24.5 Å². The highest BCUT2D eigenvalue weighted by molar-refractivity contribution is 7.91. The van der Waals surface area contributed by atoms with Crippen molar-refractivity contribution < 1.29 is 43.2 Å². The van der Waals surface area contributed by atoms with Gasteiger partial charge < -0.3 is 18.3 Å². The zero-order valence-corrected chi connectivity index (χ0v) is 33.0. The maximum atomic E-state index is 13.0. The third-order valence-electron chi connectivity index (χ3n) is 9.68. The molecule has 0 saturated heterocycles. The van der Waals surface area contributed by atoms with E-state index in [9.17, 15) is 43.2 Å². The second-order valence-electron chi connectivity index (χ2n) is 13.3. The molecular weight excluding hydrogens is 815 g/mol. The van der Waals surface area contributed by atoms with Gasteiger partial charge in [-0.05, 0) is 36.4 Å². The molecule has 2 aromatic carbocycles. The van der Waals surface area contributed by atoms with Crippen molar-refractivity contribution in [3.8, 4) is 22.8 Å². The molecular formula is C36H32F6N10O4S2. The molecule has 0 amide bonds. The lowest BCUT2D eigenvalue weighted by molar-refractivity contribution is -0.141. The lowest BCUT2D eigenvalue weighted by atomic mass is 10.2. The SMILES string of the molecule is CCS(=O)(=O)c1cc2c(cc1-c1nc3cc(C(F)(F)F)ncc3n1C)ncn2C.CCS(=O)(=O)c1cc2ncn(C)c2cc1-c1nc2cc(C(F)(F)F)ncc2n1C. The molecule has 0 atom stereocenters. The van der Waals surface area contributed by atoms with Crippen molar-refractivity contribution in [1.29, 1.82) is 0 Å². The third kappa shape index (κ3) is 6.92. The van der Waals surface area contributed by atoms with E-state index in [1.165, 1.54) is 35.1 Å². The van der Waals surface area contributed by atoms with Gasteiger partial charge in [-0.3, -0.25) is 0 Å². The third-order valence-corrected chi connectivity index (χ3v) is 13.2. The van der Waals surface area contributed by atoms with Gasteiger partial charge in [0.15, 0.2) is 19.7 Å². The number of alkyl halides is 6. The van der Waals surface area contributed by atoms with Crippen molar-refractivity contribution in [3.63, 3.8) is 0 Å². The van der Waals surface area contributed by atoms with E-state index >= 15 is 0 Å². The standard InChI is InChI=1S/2C18H16F3N5O2S/c1-4-29(27,28)15-6-11-13(25(2)9-23-11)5-10(15)17-24-12-7-16(18(19,20)21)22-8-14(12)26(17)3;1-4-29(27,28)15-7-13-11(23-9-25(13)2)5-10(15)17-24-12-6-16(18(19,20)21)22-8-14(12)26(17)3/h2*5-9H,4H2,1-3H3. The van der Waals surface area contributed by atoms with Crippen molar-refractivity contribution in [1.82, 2.24) is 48.2 Å². The van der Waals surface area contributed by atoms with E-state index in [1.807, 2.05) is 0 Å². The fraction of sp³-hybridized carbons (Fsp3) is 0.278. The van der Waals surface area contributed by atoms with Crippen LogP contribution in [0, 0.1) is 0 Å². The Labute approximate surface area is 325 Å². The Morgan fingerprint density at radius 2 is 0.914 bits per heavy atom. The van der Waals surface area contributed by atoms with Gasteiger partial charge in [0.1, 0.15) is 23.0 Å². The Morgan fingerprint density at radius 1 is 0.517 bits per heavy atom. The molecule has 6 aromatic heterocycles. The Morgan fingerprint density at radius 3 is 1.34 bits per heavy atom. The minimum absolute atomic E-state index is 0.0358. The molecule has 8 aromatic rings. The van der Waals surface area contributed by atoms with Gasteiger partial charge in [0.2, 0.25) is 0 Å². The van der Waals surface area contributed by atoms with Crippen LogP contribution in [0.15, 0.2) is 71.2 Å². The number of nitrogens with zero attached hydrogens (tertiary/aromatic N) is 10. The zero-order chi connectivity index (χ0) is 42.3. The fourth-order valence-corrected chi connectivity index (χ4v) is 8.63. The Hall–Kier alpha value is -5.90. The van der Waals surface area contributed by atoms with Gasteiger partial charge in [-0.1, -0.05) is 13.8 Å². The predicted molar refractivity (Wildman–Crippen MR) is 202 cm³/mol. The first-order chi connectivity index (χ1) is 27.1. The fourth-order valence-electron chi connectivity index (χ4n) is 6.45. The maximum absolute atomic E-state index is 13.0. The molecule has 0 saturated carbocycles. The van der Waals surface area contributed by atoms with Crippen LogP contribution in [0.25, 0.3) is 66.9 Å². The summed E-state index contributed by atoms with van der Waals surface area (Å²) in [7, 11) is -0.561. The van der Waals surface area contributed by atoms with Crippen LogP contribution in [0.3, 0.4) is 0 Å². The molecule has 0 spiro atoms. The molecule has 22 heteroatoms.